The normalized spacial score (nSPS) is 26.6. The van der Waals surface area contributed by atoms with Gasteiger partial charge in [0, 0.05) is 0 Å². The van der Waals surface area contributed by atoms with Gasteiger partial charge >= 0.3 is 0 Å². The molecule has 5 heteroatoms. The summed E-state index contributed by atoms with van der Waals surface area (Å²) in [6.07, 6.45) is 0.680. The largest absolute Gasteiger partial charge is 0.222 e. The number of sulfone groups is 1. The number of benzene rings is 1. The molecule has 1 aromatic rings. The fourth-order valence-corrected chi connectivity index (χ4v) is 4.47. The molecule has 0 aromatic heterocycles. The van der Waals surface area contributed by atoms with E-state index in [9.17, 15) is 18.1 Å². The van der Waals surface area contributed by atoms with Crippen LogP contribution in [0.4, 0.5) is 4.39 Å². The summed E-state index contributed by atoms with van der Waals surface area (Å²) in [5.41, 5.74) is -0.0152. The Morgan fingerprint density at radius 3 is 2.15 bits per heavy atom. The molecule has 0 amide bonds. The number of halogens is 1. The van der Waals surface area contributed by atoms with Crippen molar-refractivity contribution in [2.45, 2.75) is 43.3 Å². The second-order valence-corrected chi connectivity index (χ2v) is 8.79. The molecule has 20 heavy (non-hydrogen) atoms. The van der Waals surface area contributed by atoms with E-state index in [2.05, 4.69) is 0 Å². The third-order valence-electron chi connectivity index (χ3n) is 4.22. The average molecular weight is 295 g/mol. The Morgan fingerprint density at radius 1 is 1.25 bits per heavy atom. The van der Waals surface area contributed by atoms with Gasteiger partial charge in [-0.25, -0.2) is 12.8 Å². The first kappa shape index (κ1) is 15.0. The molecule has 0 saturated heterocycles. The van der Waals surface area contributed by atoms with Gasteiger partial charge in [-0.2, -0.15) is 5.26 Å². The summed E-state index contributed by atoms with van der Waals surface area (Å²) in [5.74, 6) is -0.284. The van der Waals surface area contributed by atoms with Crippen LogP contribution >= 0.6 is 0 Å². The van der Waals surface area contributed by atoms with Gasteiger partial charge in [0.2, 0.25) is 0 Å². The minimum Gasteiger partial charge on any atom is -0.222 e. The lowest BCUT2D eigenvalue weighted by Crippen LogP contribution is -2.52. The zero-order valence-corrected chi connectivity index (χ0v) is 12.7. The highest BCUT2D eigenvalue weighted by molar-refractivity contribution is 7.93. The van der Waals surface area contributed by atoms with Gasteiger partial charge < -0.3 is 0 Å². The average Bonchev–Trinajstić information content (AvgIpc) is 2.26. The van der Waals surface area contributed by atoms with Crippen molar-refractivity contribution in [3.05, 3.63) is 30.1 Å². The lowest BCUT2D eigenvalue weighted by molar-refractivity contribution is 0.117. The van der Waals surface area contributed by atoms with Crippen LogP contribution in [0.1, 0.15) is 33.6 Å². The first-order chi connectivity index (χ1) is 9.12. The molecule has 108 valence electrons. The molecule has 1 aliphatic rings. The fourth-order valence-electron chi connectivity index (χ4n) is 2.56. The van der Waals surface area contributed by atoms with E-state index in [0.717, 1.165) is 12.1 Å². The standard InChI is InChI=1S/C15H18FNO2S/c1-14(2,3)11-8-15(9-11,10-17)20(18,19)13-6-4-12(16)5-7-13/h4-7,11H,8-9H2,1-3H3. The van der Waals surface area contributed by atoms with Gasteiger partial charge in [0.1, 0.15) is 5.82 Å². The Bertz CT molecular complexity index is 645. The van der Waals surface area contributed by atoms with Crippen molar-refractivity contribution in [1.29, 1.82) is 5.26 Å². The zero-order valence-electron chi connectivity index (χ0n) is 11.9. The van der Waals surface area contributed by atoms with Crippen molar-refractivity contribution in [1.82, 2.24) is 0 Å². The van der Waals surface area contributed by atoms with Crippen LogP contribution < -0.4 is 0 Å². The molecule has 0 spiro atoms. The first-order valence-corrected chi connectivity index (χ1v) is 8.02. The molecule has 3 nitrogen and oxygen atoms in total. The second-order valence-electron chi connectivity index (χ2n) is 6.53. The highest BCUT2D eigenvalue weighted by atomic mass is 32.2. The summed E-state index contributed by atoms with van der Waals surface area (Å²) < 4.78 is 36.8. The SMILES string of the molecule is CC(C)(C)C1CC(C#N)(S(=O)(=O)c2ccc(F)cc2)C1. The summed E-state index contributed by atoms with van der Waals surface area (Å²) in [6, 6.07) is 6.67. The van der Waals surface area contributed by atoms with Crippen LogP contribution in [0.15, 0.2) is 29.2 Å². The predicted octanol–water partition coefficient (Wildman–Crippen LogP) is 3.32. The van der Waals surface area contributed by atoms with Crippen LogP contribution in [0.5, 0.6) is 0 Å². The molecule has 0 atom stereocenters. The van der Waals surface area contributed by atoms with E-state index in [1.54, 1.807) is 0 Å². The Morgan fingerprint density at radius 2 is 1.75 bits per heavy atom. The predicted molar refractivity (Wildman–Crippen MR) is 74.1 cm³/mol. The van der Waals surface area contributed by atoms with Gasteiger partial charge in [0.15, 0.2) is 14.6 Å². The van der Waals surface area contributed by atoms with Gasteiger partial charge in [-0.15, -0.1) is 0 Å². The highest BCUT2D eigenvalue weighted by Gasteiger charge is 2.57. The highest BCUT2D eigenvalue weighted by Crippen LogP contribution is 2.52. The minimum atomic E-state index is -3.75. The molecule has 0 aliphatic heterocycles. The first-order valence-electron chi connectivity index (χ1n) is 6.54. The lowest BCUT2D eigenvalue weighted by atomic mass is 9.63. The third-order valence-corrected chi connectivity index (χ3v) is 6.57. The molecular weight excluding hydrogens is 277 g/mol. The Hall–Kier alpha value is -1.41. The van der Waals surface area contributed by atoms with Crippen LogP contribution in [-0.2, 0) is 9.84 Å². The topological polar surface area (TPSA) is 57.9 Å². The molecule has 0 bridgehead atoms. The summed E-state index contributed by atoms with van der Waals surface area (Å²) in [7, 11) is -3.75. The monoisotopic (exact) mass is 295 g/mol. The quantitative estimate of drug-likeness (QED) is 0.786. The summed E-state index contributed by atoms with van der Waals surface area (Å²) >= 11 is 0. The third kappa shape index (κ3) is 2.22. The Balaban J connectivity index is 2.35. The van der Waals surface area contributed by atoms with Gasteiger partial charge in [-0.05, 0) is 48.4 Å². The molecule has 1 aromatic carbocycles. The van der Waals surface area contributed by atoms with Crippen LogP contribution in [0.2, 0.25) is 0 Å². The van der Waals surface area contributed by atoms with Crippen molar-refractivity contribution >= 4 is 9.84 Å². The lowest BCUT2D eigenvalue weighted by Gasteiger charge is -2.48. The number of hydrogen-bond donors (Lipinski definition) is 0. The van der Waals surface area contributed by atoms with Crippen molar-refractivity contribution in [3.8, 4) is 6.07 Å². The molecule has 0 unspecified atom stereocenters. The maximum atomic E-state index is 12.9. The van der Waals surface area contributed by atoms with E-state index < -0.39 is 20.4 Å². The minimum absolute atomic E-state index is 0.0152. The Labute approximate surface area is 119 Å². The van der Waals surface area contributed by atoms with Gasteiger partial charge in [-0.1, -0.05) is 20.8 Å². The van der Waals surface area contributed by atoms with Gasteiger partial charge in [-0.3, -0.25) is 0 Å². The number of nitrogens with zero attached hydrogens (tertiary/aromatic N) is 1. The van der Waals surface area contributed by atoms with Crippen LogP contribution in [0, 0.1) is 28.5 Å². The van der Waals surface area contributed by atoms with E-state index in [0.29, 0.717) is 12.8 Å². The summed E-state index contributed by atoms with van der Waals surface area (Å²) in [4.78, 5) is 0.0211. The van der Waals surface area contributed by atoms with Crippen molar-refractivity contribution < 1.29 is 12.8 Å². The van der Waals surface area contributed by atoms with E-state index in [1.165, 1.54) is 12.1 Å². The van der Waals surface area contributed by atoms with Crippen LogP contribution in [-0.4, -0.2) is 13.2 Å². The van der Waals surface area contributed by atoms with E-state index in [1.807, 2.05) is 26.8 Å². The van der Waals surface area contributed by atoms with E-state index in [-0.39, 0.29) is 16.2 Å². The number of nitriles is 1. The number of rotatable bonds is 2. The maximum absolute atomic E-state index is 12.9. The molecular formula is C15H18FNO2S. The van der Waals surface area contributed by atoms with Crippen LogP contribution in [0.3, 0.4) is 0 Å². The smallest absolute Gasteiger partial charge is 0.197 e. The molecule has 2 rings (SSSR count). The molecule has 1 aliphatic carbocycles. The van der Waals surface area contributed by atoms with E-state index >= 15 is 0 Å². The molecule has 0 N–H and O–H groups in total. The van der Waals surface area contributed by atoms with Crippen molar-refractivity contribution in [2.24, 2.45) is 11.3 Å². The fraction of sp³-hybridized carbons (Fsp3) is 0.533. The summed E-state index contributed by atoms with van der Waals surface area (Å²) in [6.45, 7) is 6.14. The second kappa shape index (κ2) is 4.56. The molecule has 1 saturated carbocycles. The van der Waals surface area contributed by atoms with Gasteiger partial charge in [0.05, 0.1) is 11.0 Å². The van der Waals surface area contributed by atoms with E-state index in [4.69, 9.17) is 0 Å². The van der Waals surface area contributed by atoms with Crippen molar-refractivity contribution in [3.63, 3.8) is 0 Å². The van der Waals surface area contributed by atoms with Crippen molar-refractivity contribution in [2.75, 3.05) is 0 Å². The summed E-state index contributed by atoms with van der Waals surface area (Å²) in [5, 5.41) is 9.37. The maximum Gasteiger partial charge on any atom is 0.197 e. The van der Waals surface area contributed by atoms with Gasteiger partial charge in [0.25, 0.3) is 0 Å². The molecule has 0 radical (unpaired) electrons. The molecule has 1 fully saturated rings. The zero-order chi connectivity index (χ0) is 15.2. The number of hydrogen-bond acceptors (Lipinski definition) is 3. The molecule has 0 heterocycles. The Kier molecular flexibility index (Phi) is 3.42. The van der Waals surface area contributed by atoms with Crippen LogP contribution in [0.25, 0.3) is 0 Å².